The molecule has 0 spiro atoms. The summed E-state index contributed by atoms with van der Waals surface area (Å²) in [5, 5.41) is 9.71. The van der Waals surface area contributed by atoms with E-state index in [4.69, 9.17) is 15.0 Å². The highest BCUT2D eigenvalue weighted by Gasteiger charge is 2.51. The number of hydrogen-bond acceptors (Lipinski definition) is 4. The van der Waals surface area contributed by atoms with Crippen LogP contribution in [0.25, 0.3) is 67.5 Å². The van der Waals surface area contributed by atoms with E-state index in [0.717, 1.165) is 67.8 Å². The molecule has 4 heteroatoms. The van der Waals surface area contributed by atoms with Crippen LogP contribution in [0.3, 0.4) is 0 Å². The number of benzene rings is 6. The fourth-order valence-electron chi connectivity index (χ4n) is 10.2. The molecule has 4 aliphatic rings. The number of nitrogens with zero attached hydrogens (tertiary/aromatic N) is 4. The van der Waals surface area contributed by atoms with Crippen molar-refractivity contribution in [3.63, 3.8) is 0 Å². The summed E-state index contributed by atoms with van der Waals surface area (Å²) in [6.45, 7) is 0. The van der Waals surface area contributed by atoms with Crippen LogP contribution in [0.4, 0.5) is 0 Å². The van der Waals surface area contributed by atoms with Gasteiger partial charge >= 0.3 is 0 Å². The average molecular weight is 697 g/mol. The number of hydrogen-bond donors (Lipinski definition) is 0. The van der Waals surface area contributed by atoms with E-state index in [1.165, 1.54) is 44.1 Å². The predicted molar refractivity (Wildman–Crippen MR) is 217 cm³/mol. The zero-order valence-corrected chi connectivity index (χ0v) is 30.2. The van der Waals surface area contributed by atoms with Crippen molar-refractivity contribution < 1.29 is 0 Å². The van der Waals surface area contributed by atoms with Gasteiger partial charge in [-0.25, -0.2) is 15.0 Å². The lowest BCUT2D eigenvalue weighted by Crippen LogP contribution is -2.48. The first-order chi connectivity index (χ1) is 26.6. The molecule has 54 heavy (non-hydrogen) atoms. The fourth-order valence-corrected chi connectivity index (χ4v) is 10.2. The first-order valence-electron chi connectivity index (χ1n) is 19.3. The van der Waals surface area contributed by atoms with Gasteiger partial charge < -0.3 is 0 Å². The second kappa shape index (κ2) is 13.3. The van der Waals surface area contributed by atoms with Gasteiger partial charge in [-0.3, -0.25) is 0 Å². The second-order valence-corrected chi connectivity index (χ2v) is 15.9. The maximum absolute atomic E-state index is 9.71. The third-order valence-electron chi connectivity index (χ3n) is 12.3. The Kier molecular flexibility index (Phi) is 8.02. The van der Waals surface area contributed by atoms with Gasteiger partial charge in [0.05, 0.1) is 11.6 Å². The summed E-state index contributed by atoms with van der Waals surface area (Å²) < 4.78 is 0. The molecule has 11 rings (SSSR count). The lowest BCUT2D eigenvalue weighted by atomic mass is 9.48. The van der Waals surface area contributed by atoms with Crippen molar-refractivity contribution in [2.75, 3.05) is 0 Å². The molecule has 0 saturated heterocycles. The molecule has 4 bridgehead atoms. The Morgan fingerprint density at radius 2 is 0.852 bits per heavy atom. The molecule has 260 valence electrons. The van der Waals surface area contributed by atoms with Crippen molar-refractivity contribution in [1.82, 2.24) is 15.0 Å². The van der Waals surface area contributed by atoms with Gasteiger partial charge in [0.25, 0.3) is 0 Å². The van der Waals surface area contributed by atoms with Gasteiger partial charge in [-0.05, 0) is 137 Å². The van der Waals surface area contributed by atoms with Gasteiger partial charge in [-0.1, -0.05) is 115 Å². The topological polar surface area (TPSA) is 62.5 Å². The smallest absolute Gasteiger partial charge is 0.164 e. The fraction of sp³-hybridized carbons (Fsp3) is 0.200. The second-order valence-electron chi connectivity index (χ2n) is 15.9. The number of nitriles is 1. The van der Waals surface area contributed by atoms with Crippen molar-refractivity contribution >= 4 is 0 Å². The van der Waals surface area contributed by atoms with Crippen molar-refractivity contribution in [2.45, 2.75) is 43.9 Å². The highest BCUT2D eigenvalue weighted by molar-refractivity contribution is 5.81. The molecule has 4 saturated carbocycles. The monoisotopic (exact) mass is 696 g/mol. The van der Waals surface area contributed by atoms with Gasteiger partial charge in [0.2, 0.25) is 0 Å². The number of aromatic nitrogens is 3. The van der Waals surface area contributed by atoms with E-state index in [2.05, 4.69) is 127 Å². The molecule has 0 N–H and O–H groups in total. The van der Waals surface area contributed by atoms with Gasteiger partial charge in [0.1, 0.15) is 0 Å². The Bertz CT molecular complexity index is 2500. The quantitative estimate of drug-likeness (QED) is 0.166. The molecule has 1 aromatic heterocycles. The SMILES string of the molecule is N#Cc1cccc(-c2cc(-c3ccccc3)cc(-c3nc(-c4ccc(C56C[C@H]7C[C@@H](C5)C[C@@H](C6)C7)cc4)nc(-c4cccc(-c5ccccc5)c4)n3)c2)c1. The first kappa shape index (κ1) is 32.5. The molecule has 7 aromatic rings. The Morgan fingerprint density at radius 3 is 1.46 bits per heavy atom. The molecule has 4 nitrogen and oxygen atoms in total. The van der Waals surface area contributed by atoms with E-state index in [1.807, 2.05) is 30.3 Å². The van der Waals surface area contributed by atoms with E-state index in [9.17, 15) is 5.26 Å². The van der Waals surface area contributed by atoms with Crippen LogP contribution in [-0.2, 0) is 5.41 Å². The van der Waals surface area contributed by atoms with E-state index in [-0.39, 0.29) is 0 Å². The zero-order chi connectivity index (χ0) is 36.1. The van der Waals surface area contributed by atoms with Crippen molar-refractivity contribution in [1.29, 1.82) is 5.26 Å². The standard InChI is InChI=1S/C50H40N4/c51-32-33-9-7-14-40(24-33)44-26-43(38-12-5-2-6-13-38)27-45(28-44)49-53-47(52-48(54-49)42-16-8-15-41(25-42)37-10-3-1-4-11-37)39-17-19-46(20-18-39)50-29-34-21-35(30-50)23-36(22-34)31-50/h1-20,24-28,34-36H,21-23,29-31H2/t34-,35+,36-,50?. The van der Waals surface area contributed by atoms with Crippen molar-refractivity contribution in [3.8, 4) is 73.6 Å². The summed E-state index contributed by atoms with van der Waals surface area (Å²) in [4.78, 5) is 15.6. The lowest BCUT2D eigenvalue weighted by Gasteiger charge is -2.57. The summed E-state index contributed by atoms with van der Waals surface area (Å²) in [6, 6.07) is 55.1. The van der Waals surface area contributed by atoms with E-state index in [0.29, 0.717) is 28.5 Å². The third-order valence-corrected chi connectivity index (χ3v) is 12.3. The van der Waals surface area contributed by atoms with Gasteiger partial charge in [0, 0.05) is 16.7 Å². The molecule has 0 radical (unpaired) electrons. The minimum absolute atomic E-state index is 0.331. The summed E-state index contributed by atoms with van der Waals surface area (Å²) in [6.07, 6.45) is 8.34. The van der Waals surface area contributed by atoms with Crippen LogP contribution in [0.1, 0.15) is 49.7 Å². The molecule has 0 unspecified atom stereocenters. The Hall–Kier alpha value is -6.18. The van der Waals surface area contributed by atoms with Crippen molar-refractivity contribution in [3.05, 3.63) is 163 Å². The maximum Gasteiger partial charge on any atom is 0.164 e. The summed E-state index contributed by atoms with van der Waals surface area (Å²) >= 11 is 0. The molecule has 0 amide bonds. The lowest BCUT2D eigenvalue weighted by molar-refractivity contribution is -0.00518. The molecule has 0 aliphatic heterocycles. The molecular weight excluding hydrogens is 657 g/mol. The van der Waals surface area contributed by atoms with Crippen LogP contribution >= 0.6 is 0 Å². The molecule has 1 heterocycles. The molecule has 0 atom stereocenters. The highest BCUT2D eigenvalue weighted by atomic mass is 15.0. The molecular formula is C50H40N4. The molecule has 4 aliphatic carbocycles. The summed E-state index contributed by atoms with van der Waals surface area (Å²) in [5.74, 6) is 4.60. The maximum atomic E-state index is 9.71. The number of rotatable bonds is 7. The van der Waals surface area contributed by atoms with Crippen LogP contribution in [0.2, 0.25) is 0 Å². The predicted octanol–water partition coefficient (Wildman–Crippen LogP) is 12.2. The zero-order valence-electron chi connectivity index (χ0n) is 30.2. The molecule has 6 aromatic carbocycles. The van der Waals surface area contributed by atoms with E-state index >= 15 is 0 Å². The van der Waals surface area contributed by atoms with Crippen LogP contribution in [0.15, 0.2) is 152 Å². The van der Waals surface area contributed by atoms with Crippen LogP contribution in [0, 0.1) is 29.1 Å². The normalized spacial score (nSPS) is 21.1. The summed E-state index contributed by atoms with van der Waals surface area (Å²) in [5.41, 5.74) is 11.7. The first-order valence-corrected chi connectivity index (χ1v) is 19.3. The Morgan fingerprint density at radius 1 is 0.407 bits per heavy atom. The van der Waals surface area contributed by atoms with Gasteiger partial charge in [0.15, 0.2) is 17.5 Å². The van der Waals surface area contributed by atoms with Crippen LogP contribution < -0.4 is 0 Å². The minimum Gasteiger partial charge on any atom is -0.208 e. The van der Waals surface area contributed by atoms with Crippen molar-refractivity contribution in [2.24, 2.45) is 17.8 Å². The largest absolute Gasteiger partial charge is 0.208 e. The third kappa shape index (κ3) is 6.10. The minimum atomic E-state index is 0.331. The van der Waals surface area contributed by atoms with Crippen LogP contribution in [0.5, 0.6) is 0 Å². The van der Waals surface area contributed by atoms with Gasteiger partial charge in [-0.2, -0.15) is 5.26 Å². The van der Waals surface area contributed by atoms with Crippen LogP contribution in [-0.4, -0.2) is 15.0 Å². The molecule has 4 fully saturated rings. The van der Waals surface area contributed by atoms with E-state index in [1.54, 1.807) is 0 Å². The summed E-state index contributed by atoms with van der Waals surface area (Å²) in [7, 11) is 0. The Labute approximate surface area is 317 Å². The van der Waals surface area contributed by atoms with E-state index < -0.39 is 0 Å². The Balaban J connectivity index is 1.12. The van der Waals surface area contributed by atoms with Gasteiger partial charge in [-0.15, -0.1) is 0 Å². The average Bonchev–Trinajstić information content (AvgIpc) is 3.23. The highest BCUT2D eigenvalue weighted by Crippen LogP contribution is 2.60.